The molecule has 0 saturated carbocycles. The summed E-state index contributed by atoms with van der Waals surface area (Å²) in [6.45, 7) is 0.648. The molecule has 0 radical (unpaired) electrons. The van der Waals surface area contributed by atoms with E-state index in [1.165, 1.54) is 11.3 Å². The summed E-state index contributed by atoms with van der Waals surface area (Å²) in [5.74, 6) is -0.867. The molecule has 16 heavy (non-hydrogen) atoms. The molecule has 0 aliphatic carbocycles. The van der Waals surface area contributed by atoms with Gasteiger partial charge in [-0.3, -0.25) is 4.79 Å². The SMILES string of the molecule is O=C(O)C1CC2Cc3cccc(Br)c3N2C1. The van der Waals surface area contributed by atoms with Crippen molar-refractivity contribution in [2.24, 2.45) is 5.92 Å². The fraction of sp³-hybridized carbons (Fsp3) is 0.417. The monoisotopic (exact) mass is 281 g/mol. The fourth-order valence-corrected chi connectivity index (χ4v) is 3.50. The van der Waals surface area contributed by atoms with Crippen molar-refractivity contribution >= 4 is 27.6 Å². The lowest BCUT2D eigenvalue weighted by molar-refractivity contribution is -0.141. The molecule has 0 aromatic heterocycles. The van der Waals surface area contributed by atoms with Gasteiger partial charge in [0.1, 0.15) is 0 Å². The van der Waals surface area contributed by atoms with Crippen LogP contribution in [0.4, 0.5) is 5.69 Å². The molecule has 4 heteroatoms. The molecule has 1 saturated heterocycles. The number of carboxylic acid groups (broad SMARTS) is 1. The standard InChI is InChI=1S/C12H12BrNO2/c13-10-3-1-2-7-4-9-5-8(12(15)16)6-14(9)11(7)10/h1-3,8-9H,4-6H2,(H,15,16). The molecule has 0 spiro atoms. The average molecular weight is 282 g/mol. The van der Waals surface area contributed by atoms with Crippen LogP contribution in [0.25, 0.3) is 0 Å². The molecule has 2 aliphatic heterocycles. The molecule has 2 atom stereocenters. The van der Waals surface area contributed by atoms with E-state index in [4.69, 9.17) is 5.11 Å². The van der Waals surface area contributed by atoms with Gasteiger partial charge in [0.15, 0.2) is 0 Å². The number of carboxylic acids is 1. The Labute approximate surface area is 102 Å². The average Bonchev–Trinajstić information content (AvgIpc) is 2.73. The number of para-hydroxylation sites is 1. The Kier molecular flexibility index (Phi) is 2.21. The highest BCUT2D eigenvalue weighted by Gasteiger charge is 2.41. The lowest BCUT2D eigenvalue weighted by atomic mass is 10.0. The fourth-order valence-electron chi connectivity index (χ4n) is 2.86. The van der Waals surface area contributed by atoms with Gasteiger partial charge in [0.05, 0.1) is 11.6 Å². The van der Waals surface area contributed by atoms with E-state index < -0.39 is 5.97 Å². The highest BCUT2D eigenvalue weighted by molar-refractivity contribution is 9.10. The number of anilines is 1. The summed E-state index contributed by atoms with van der Waals surface area (Å²) in [5.41, 5.74) is 2.54. The van der Waals surface area contributed by atoms with E-state index >= 15 is 0 Å². The predicted octanol–water partition coefficient (Wildman–Crippen LogP) is 2.28. The Balaban J connectivity index is 1.96. The van der Waals surface area contributed by atoms with E-state index in [0.29, 0.717) is 12.6 Å². The summed E-state index contributed by atoms with van der Waals surface area (Å²) in [4.78, 5) is 13.2. The molecular formula is C12H12BrNO2. The number of aliphatic carboxylic acids is 1. The number of carbonyl (C=O) groups is 1. The maximum Gasteiger partial charge on any atom is 0.308 e. The molecule has 0 bridgehead atoms. The molecule has 3 rings (SSSR count). The number of fused-ring (bicyclic) bond motifs is 3. The number of hydrogen-bond donors (Lipinski definition) is 1. The van der Waals surface area contributed by atoms with E-state index in [-0.39, 0.29) is 5.92 Å². The number of nitrogens with zero attached hydrogens (tertiary/aromatic N) is 1. The topological polar surface area (TPSA) is 40.5 Å². The van der Waals surface area contributed by atoms with Crippen molar-refractivity contribution in [1.29, 1.82) is 0 Å². The van der Waals surface area contributed by atoms with E-state index in [9.17, 15) is 4.79 Å². The van der Waals surface area contributed by atoms with Crippen LogP contribution in [0.15, 0.2) is 22.7 Å². The van der Waals surface area contributed by atoms with Gasteiger partial charge in [-0.1, -0.05) is 12.1 Å². The van der Waals surface area contributed by atoms with E-state index in [1.54, 1.807) is 0 Å². The van der Waals surface area contributed by atoms with Crippen LogP contribution in [-0.4, -0.2) is 23.7 Å². The minimum absolute atomic E-state index is 0.203. The van der Waals surface area contributed by atoms with Crippen LogP contribution in [0.1, 0.15) is 12.0 Å². The number of halogens is 1. The summed E-state index contributed by atoms with van der Waals surface area (Å²) in [6.07, 6.45) is 1.76. The molecule has 2 unspecified atom stereocenters. The van der Waals surface area contributed by atoms with Gasteiger partial charge >= 0.3 is 5.97 Å². The normalized spacial score (nSPS) is 26.7. The zero-order valence-corrected chi connectivity index (χ0v) is 10.3. The molecule has 3 nitrogen and oxygen atoms in total. The second-order valence-corrected chi connectivity index (χ2v) is 5.38. The third kappa shape index (κ3) is 1.36. The molecule has 2 heterocycles. The Hall–Kier alpha value is -1.03. The molecule has 1 aromatic rings. The summed E-state index contributed by atoms with van der Waals surface area (Å²) >= 11 is 3.55. The first-order valence-electron chi connectivity index (χ1n) is 5.43. The molecule has 1 fully saturated rings. The number of benzene rings is 1. The van der Waals surface area contributed by atoms with Crippen LogP contribution < -0.4 is 4.90 Å². The van der Waals surface area contributed by atoms with Crippen molar-refractivity contribution in [2.45, 2.75) is 18.9 Å². The zero-order chi connectivity index (χ0) is 11.3. The van der Waals surface area contributed by atoms with Gasteiger partial charge in [-0.2, -0.15) is 0 Å². The van der Waals surface area contributed by atoms with Crippen molar-refractivity contribution in [3.05, 3.63) is 28.2 Å². The summed E-state index contributed by atoms with van der Waals surface area (Å²) in [5, 5.41) is 9.05. The third-order valence-corrected chi connectivity index (χ3v) is 4.22. The molecule has 84 valence electrons. The van der Waals surface area contributed by atoms with Crippen LogP contribution in [0.2, 0.25) is 0 Å². The van der Waals surface area contributed by atoms with E-state index in [0.717, 1.165) is 17.3 Å². The van der Waals surface area contributed by atoms with Crippen molar-refractivity contribution in [1.82, 2.24) is 0 Å². The van der Waals surface area contributed by atoms with E-state index in [2.05, 4.69) is 26.9 Å². The zero-order valence-electron chi connectivity index (χ0n) is 8.69. The van der Waals surface area contributed by atoms with Crippen molar-refractivity contribution in [3.8, 4) is 0 Å². The van der Waals surface area contributed by atoms with Crippen LogP contribution in [0, 0.1) is 5.92 Å². The predicted molar refractivity (Wildman–Crippen MR) is 64.7 cm³/mol. The van der Waals surface area contributed by atoms with Crippen LogP contribution >= 0.6 is 15.9 Å². The lowest BCUT2D eigenvalue weighted by Crippen LogP contribution is -2.25. The van der Waals surface area contributed by atoms with Gasteiger partial charge in [-0.15, -0.1) is 0 Å². The quantitative estimate of drug-likeness (QED) is 0.859. The number of hydrogen-bond acceptors (Lipinski definition) is 2. The second kappa shape index (κ2) is 3.48. The summed E-state index contributed by atoms with van der Waals surface area (Å²) in [6, 6.07) is 6.58. The van der Waals surface area contributed by atoms with Gasteiger partial charge in [0, 0.05) is 17.1 Å². The first kappa shape index (κ1) is 10.1. The van der Waals surface area contributed by atoms with Crippen molar-refractivity contribution in [2.75, 3.05) is 11.4 Å². The Morgan fingerprint density at radius 1 is 1.50 bits per heavy atom. The van der Waals surface area contributed by atoms with Crippen LogP contribution in [-0.2, 0) is 11.2 Å². The van der Waals surface area contributed by atoms with Gasteiger partial charge in [-0.05, 0) is 40.4 Å². The highest BCUT2D eigenvalue weighted by atomic mass is 79.9. The Morgan fingerprint density at radius 3 is 3.06 bits per heavy atom. The summed E-state index contributed by atoms with van der Waals surface area (Å²) in [7, 11) is 0. The first-order chi connectivity index (χ1) is 7.66. The molecule has 1 aromatic carbocycles. The van der Waals surface area contributed by atoms with Crippen molar-refractivity contribution in [3.63, 3.8) is 0 Å². The molecule has 0 amide bonds. The van der Waals surface area contributed by atoms with Crippen LogP contribution in [0.3, 0.4) is 0 Å². The Morgan fingerprint density at radius 2 is 2.31 bits per heavy atom. The van der Waals surface area contributed by atoms with Gasteiger partial charge in [0.2, 0.25) is 0 Å². The molecule has 1 N–H and O–H groups in total. The minimum Gasteiger partial charge on any atom is -0.481 e. The lowest BCUT2D eigenvalue weighted by Gasteiger charge is -2.19. The third-order valence-electron chi connectivity index (χ3n) is 3.58. The highest BCUT2D eigenvalue weighted by Crippen LogP contribution is 2.43. The molecular weight excluding hydrogens is 270 g/mol. The van der Waals surface area contributed by atoms with Gasteiger partial charge in [0.25, 0.3) is 0 Å². The number of rotatable bonds is 1. The maximum atomic E-state index is 11.0. The van der Waals surface area contributed by atoms with Gasteiger partial charge < -0.3 is 10.0 Å². The maximum absolute atomic E-state index is 11.0. The molecule has 2 aliphatic rings. The van der Waals surface area contributed by atoms with E-state index in [1.807, 2.05) is 12.1 Å². The summed E-state index contributed by atoms with van der Waals surface area (Å²) < 4.78 is 1.08. The van der Waals surface area contributed by atoms with Crippen molar-refractivity contribution < 1.29 is 9.90 Å². The van der Waals surface area contributed by atoms with Crippen LogP contribution in [0.5, 0.6) is 0 Å². The Bertz CT molecular complexity index is 460. The van der Waals surface area contributed by atoms with Gasteiger partial charge in [-0.25, -0.2) is 0 Å². The minimum atomic E-state index is -0.664. The largest absolute Gasteiger partial charge is 0.481 e. The second-order valence-electron chi connectivity index (χ2n) is 4.53. The first-order valence-corrected chi connectivity index (χ1v) is 6.23. The smallest absolute Gasteiger partial charge is 0.308 e.